The fraction of sp³-hybridized carbons (Fsp3) is 0.471. The number of para-hydroxylation sites is 1. The Hall–Kier alpha value is -1.36. The van der Waals surface area contributed by atoms with Gasteiger partial charge in [-0.2, -0.15) is 0 Å². The number of morpholine rings is 1. The van der Waals surface area contributed by atoms with Gasteiger partial charge in [0, 0.05) is 36.3 Å². The van der Waals surface area contributed by atoms with E-state index in [1.54, 1.807) is 6.07 Å². The molecule has 22 heavy (non-hydrogen) atoms. The Bertz CT molecular complexity index is 746. The summed E-state index contributed by atoms with van der Waals surface area (Å²) in [6.07, 6.45) is 0.385. The first-order valence-electron chi connectivity index (χ1n) is 7.63. The van der Waals surface area contributed by atoms with Crippen molar-refractivity contribution in [1.82, 2.24) is 9.88 Å². The molecule has 0 aliphatic carbocycles. The average molecular weight is 321 g/mol. The summed E-state index contributed by atoms with van der Waals surface area (Å²) < 4.78 is 5.76. The Morgan fingerprint density at radius 3 is 2.68 bits per heavy atom. The van der Waals surface area contributed by atoms with Crippen molar-refractivity contribution < 1.29 is 4.74 Å². The molecular formula is C17H21ClN2O2. The van der Waals surface area contributed by atoms with E-state index in [0.717, 1.165) is 29.9 Å². The maximum absolute atomic E-state index is 12.8. The minimum absolute atomic E-state index is 0.0700. The van der Waals surface area contributed by atoms with Gasteiger partial charge >= 0.3 is 0 Å². The van der Waals surface area contributed by atoms with Crippen molar-refractivity contribution in [3.63, 3.8) is 0 Å². The van der Waals surface area contributed by atoms with Gasteiger partial charge < -0.3 is 9.72 Å². The maximum atomic E-state index is 12.8. The number of ether oxygens (including phenoxy) is 1. The second-order valence-corrected chi connectivity index (χ2v) is 6.58. The molecule has 1 N–H and O–H groups in total. The smallest absolute Gasteiger partial charge is 0.194 e. The second kappa shape index (κ2) is 6.03. The first kappa shape index (κ1) is 15.5. The van der Waals surface area contributed by atoms with E-state index >= 15 is 0 Å². The third-order valence-electron chi connectivity index (χ3n) is 4.17. The largest absolute Gasteiger partial charge is 0.373 e. The van der Waals surface area contributed by atoms with Crippen molar-refractivity contribution in [3.8, 4) is 0 Å². The van der Waals surface area contributed by atoms with E-state index in [0.29, 0.717) is 17.0 Å². The summed E-state index contributed by atoms with van der Waals surface area (Å²) in [6.45, 7) is 8.40. The number of H-pyrrole nitrogens is 1. The Kier molecular flexibility index (Phi) is 4.26. The highest BCUT2D eigenvalue weighted by molar-refractivity contribution is 6.35. The van der Waals surface area contributed by atoms with Crippen LogP contribution < -0.4 is 5.43 Å². The quantitative estimate of drug-likeness (QED) is 0.925. The van der Waals surface area contributed by atoms with Crippen LogP contribution in [0.5, 0.6) is 0 Å². The van der Waals surface area contributed by atoms with Crippen molar-refractivity contribution in [1.29, 1.82) is 0 Å². The molecule has 1 saturated heterocycles. The lowest BCUT2D eigenvalue weighted by molar-refractivity contribution is -0.0706. The highest BCUT2D eigenvalue weighted by Crippen LogP contribution is 2.21. The van der Waals surface area contributed by atoms with Crippen molar-refractivity contribution in [2.45, 2.75) is 39.5 Å². The van der Waals surface area contributed by atoms with Gasteiger partial charge in [0.1, 0.15) is 0 Å². The number of aryl methyl sites for hydroxylation is 1. The van der Waals surface area contributed by atoms with Gasteiger partial charge in [-0.1, -0.05) is 17.7 Å². The Morgan fingerprint density at radius 2 is 2.00 bits per heavy atom. The number of aromatic amines is 1. The lowest BCUT2D eigenvalue weighted by atomic mass is 10.1. The number of hydrogen-bond donors (Lipinski definition) is 1. The number of halogens is 1. The molecule has 2 heterocycles. The topological polar surface area (TPSA) is 45.3 Å². The summed E-state index contributed by atoms with van der Waals surface area (Å²) in [5.74, 6) is 0. The van der Waals surface area contributed by atoms with Crippen LogP contribution in [-0.4, -0.2) is 35.2 Å². The van der Waals surface area contributed by atoms with Crippen LogP contribution in [0.1, 0.15) is 25.1 Å². The Labute approximate surface area is 135 Å². The van der Waals surface area contributed by atoms with Gasteiger partial charge in [-0.3, -0.25) is 9.69 Å². The van der Waals surface area contributed by atoms with Crippen LogP contribution >= 0.6 is 11.6 Å². The molecular weight excluding hydrogens is 300 g/mol. The minimum atomic E-state index is 0.0700. The van der Waals surface area contributed by atoms with Gasteiger partial charge in [-0.25, -0.2) is 0 Å². The van der Waals surface area contributed by atoms with Crippen LogP contribution in [0.15, 0.2) is 23.0 Å². The van der Waals surface area contributed by atoms with E-state index in [2.05, 4.69) is 23.7 Å². The summed E-state index contributed by atoms with van der Waals surface area (Å²) in [5.41, 5.74) is 2.49. The van der Waals surface area contributed by atoms with Crippen LogP contribution in [0.25, 0.3) is 10.9 Å². The van der Waals surface area contributed by atoms with Crippen LogP contribution in [0.3, 0.4) is 0 Å². The predicted molar refractivity (Wildman–Crippen MR) is 89.6 cm³/mol. The number of aromatic nitrogens is 1. The first-order chi connectivity index (χ1) is 10.5. The lowest BCUT2D eigenvalue weighted by Gasteiger charge is -2.35. The SMILES string of the molecule is Cc1[nH]c2c(Cl)cccc2c(=O)c1CN1C[C@H](C)O[C@@H](C)C1. The number of nitrogens with one attached hydrogen (secondary N) is 1. The van der Waals surface area contributed by atoms with Crippen LogP contribution in [0.2, 0.25) is 5.02 Å². The molecule has 1 aromatic heterocycles. The van der Waals surface area contributed by atoms with E-state index in [-0.39, 0.29) is 17.6 Å². The molecule has 1 fully saturated rings. The van der Waals surface area contributed by atoms with E-state index in [1.807, 2.05) is 19.1 Å². The van der Waals surface area contributed by atoms with Gasteiger partial charge in [0.2, 0.25) is 0 Å². The lowest BCUT2D eigenvalue weighted by Crippen LogP contribution is -2.45. The monoisotopic (exact) mass is 320 g/mol. The zero-order valence-electron chi connectivity index (χ0n) is 13.1. The summed E-state index contributed by atoms with van der Waals surface area (Å²) in [4.78, 5) is 18.4. The number of rotatable bonds is 2. The third kappa shape index (κ3) is 2.91. The second-order valence-electron chi connectivity index (χ2n) is 6.17. The summed E-state index contributed by atoms with van der Waals surface area (Å²) in [7, 11) is 0. The van der Waals surface area contributed by atoms with E-state index < -0.39 is 0 Å². The Balaban J connectivity index is 1.99. The first-order valence-corrected chi connectivity index (χ1v) is 8.01. The number of fused-ring (bicyclic) bond motifs is 1. The fourth-order valence-corrected chi connectivity index (χ4v) is 3.49. The van der Waals surface area contributed by atoms with Crippen molar-refractivity contribution in [3.05, 3.63) is 44.7 Å². The molecule has 0 spiro atoms. The van der Waals surface area contributed by atoms with Gasteiger partial charge in [0.15, 0.2) is 5.43 Å². The van der Waals surface area contributed by atoms with Crippen LogP contribution in [0.4, 0.5) is 0 Å². The number of benzene rings is 1. The van der Waals surface area contributed by atoms with Crippen molar-refractivity contribution in [2.75, 3.05) is 13.1 Å². The van der Waals surface area contributed by atoms with Gasteiger partial charge in [0.05, 0.1) is 22.7 Å². The molecule has 4 nitrogen and oxygen atoms in total. The standard InChI is InChI=1S/C17H21ClN2O2/c1-10-7-20(8-11(2)22-10)9-14-12(3)19-16-13(17(14)21)5-4-6-15(16)18/h4-6,10-11H,7-9H2,1-3H3,(H,19,21)/t10-,11-/m0/s1. The maximum Gasteiger partial charge on any atom is 0.194 e. The minimum Gasteiger partial charge on any atom is -0.373 e. The normalized spacial score (nSPS) is 23.1. The summed E-state index contributed by atoms with van der Waals surface area (Å²) >= 11 is 6.19. The molecule has 1 aromatic carbocycles. The zero-order valence-corrected chi connectivity index (χ0v) is 13.9. The fourth-order valence-electron chi connectivity index (χ4n) is 3.26. The number of nitrogens with zero attached hydrogens (tertiary/aromatic N) is 1. The van der Waals surface area contributed by atoms with Gasteiger partial charge in [-0.05, 0) is 32.9 Å². The van der Waals surface area contributed by atoms with Crippen molar-refractivity contribution >= 4 is 22.5 Å². The Morgan fingerprint density at radius 1 is 1.32 bits per heavy atom. The van der Waals surface area contributed by atoms with E-state index in [1.165, 1.54) is 0 Å². The highest BCUT2D eigenvalue weighted by atomic mass is 35.5. The van der Waals surface area contributed by atoms with Crippen molar-refractivity contribution in [2.24, 2.45) is 0 Å². The molecule has 5 heteroatoms. The molecule has 1 aliphatic rings. The van der Waals surface area contributed by atoms with Crippen LogP contribution in [0, 0.1) is 6.92 Å². The molecule has 2 atom stereocenters. The molecule has 0 bridgehead atoms. The number of pyridine rings is 1. The summed E-state index contributed by atoms with van der Waals surface area (Å²) in [5, 5.41) is 1.24. The molecule has 118 valence electrons. The van der Waals surface area contributed by atoms with Gasteiger partial charge in [0.25, 0.3) is 0 Å². The third-order valence-corrected chi connectivity index (χ3v) is 4.49. The highest BCUT2D eigenvalue weighted by Gasteiger charge is 2.23. The van der Waals surface area contributed by atoms with Crippen LogP contribution in [-0.2, 0) is 11.3 Å². The number of hydrogen-bond acceptors (Lipinski definition) is 3. The molecule has 2 aromatic rings. The molecule has 0 amide bonds. The molecule has 0 radical (unpaired) electrons. The summed E-state index contributed by atoms with van der Waals surface area (Å²) in [6, 6.07) is 5.44. The van der Waals surface area contributed by atoms with Gasteiger partial charge in [-0.15, -0.1) is 0 Å². The van der Waals surface area contributed by atoms with E-state index in [4.69, 9.17) is 16.3 Å². The molecule has 0 saturated carbocycles. The molecule has 1 aliphatic heterocycles. The average Bonchev–Trinajstić information content (AvgIpc) is 2.44. The molecule has 3 rings (SSSR count). The van der Waals surface area contributed by atoms with E-state index in [9.17, 15) is 4.79 Å². The zero-order chi connectivity index (χ0) is 15.9. The predicted octanol–water partition coefficient (Wildman–Crippen LogP) is 3.10. The molecule has 0 unspecified atom stereocenters.